The molecule has 5 rings (SSSR count). The minimum Gasteiger partial charge on any atom is -0.483 e. The van der Waals surface area contributed by atoms with E-state index in [0.29, 0.717) is 63.9 Å². The Bertz CT molecular complexity index is 1400. The smallest absolute Gasteiger partial charge is 0.262 e. The molecular weight excluding hydrogens is 535 g/mol. The Morgan fingerprint density at radius 3 is 2.08 bits per heavy atom. The van der Waals surface area contributed by atoms with Crippen molar-refractivity contribution in [3.8, 4) is 5.75 Å². The lowest BCUT2D eigenvalue weighted by molar-refractivity contribution is -0.120. The van der Waals surface area contributed by atoms with Crippen LogP contribution in [0.15, 0.2) is 65.0 Å². The van der Waals surface area contributed by atoms with Gasteiger partial charge in [-0.2, -0.15) is 0 Å². The van der Waals surface area contributed by atoms with Gasteiger partial charge in [0.25, 0.3) is 5.91 Å². The van der Waals surface area contributed by atoms with E-state index >= 15 is 0 Å². The van der Waals surface area contributed by atoms with E-state index in [1.807, 2.05) is 18.2 Å². The third kappa shape index (κ3) is 5.64. The van der Waals surface area contributed by atoms with Gasteiger partial charge in [-0.05, 0) is 47.9 Å². The van der Waals surface area contributed by atoms with Crippen molar-refractivity contribution in [3.05, 3.63) is 80.6 Å². The number of Topliss-reactive ketones (excluding diaryl/α,β-unsaturated/α-hetero) is 2. The van der Waals surface area contributed by atoms with Crippen molar-refractivity contribution >= 4 is 46.4 Å². The van der Waals surface area contributed by atoms with Crippen LogP contribution in [0.1, 0.15) is 64.9 Å². The Morgan fingerprint density at radius 2 is 1.49 bits per heavy atom. The zero-order chi connectivity index (χ0) is 28.1. The second-order valence-corrected chi connectivity index (χ2v) is 13.0. The predicted octanol–water partition coefficient (Wildman–Crippen LogP) is 6.98. The van der Waals surface area contributed by atoms with Crippen LogP contribution in [0.2, 0.25) is 10.0 Å². The Balaban J connectivity index is 1.49. The lowest BCUT2D eigenvalue weighted by Crippen LogP contribution is -2.42. The average Bonchev–Trinajstić information content (AvgIpc) is 2.82. The monoisotopic (exact) mass is 566 g/mol. The number of dihydropyridines is 1. The summed E-state index contributed by atoms with van der Waals surface area (Å²) in [6.07, 6.45) is 2.24. The number of carbonyl (C=O) groups excluding carboxylic acids is 3. The van der Waals surface area contributed by atoms with Crippen molar-refractivity contribution in [1.29, 1.82) is 0 Å². The zero-order valence-corrected chi connectivity index (χ0v) is 24.1. The molecule has 2 aliphatic carbocycles. The number of anilines is 1. The molecule has 1 heterocycles. The number of hydrogen-bond donors (Lipinski definition) is 2. The number of ketones is 2. The van der Waals surface area contributed by atoms with E-state index in [9.17, 15) is 14.4 Å². The van der Waals surface area contributed by atoms with E-state index in [0.717, 1.165) is 11.4 Å². The topological polar surface area (TPSA) is 84.5 Å². The van der Waals surface area contributed by atoms with Gasteiger partial charge in [0.1, 0.15) is 5.75 Å². The Labute approximate surface area is 238 Å². The van der Waals surface area contributed by atoms with Crippen LogP contribution < -0.4 is 15.4 Å². The number of allylic oxidation sites excluding steroid dienone is 4. The minimum absolute atomic E-state index is 0.0371. The molecule has 0 aromatic heterocycles. The fourth-order valence-corrected chi connectivity index (χ4v) is 6.26. The van der Waals surface area contributed by atoms with Crippen molar-refractivity contribution in [2.45, 2.75) is 59.3 Å². The second-order valence-electron chi connectivity index (χ2n) is 12.2. The van der Waals surface area contributed by atoms with Crippen LogP contribution in [-0.2, 0) is 14.4 Å². The highest BCUT2D eigenvalue weighted by Gasteiger charge is 2.47. The molecule has 0 spiro atoms. The normalized spacial score (nSPS) is 20.3. The van der Waals surface area contributed by atoms with Crippen LogP contribution >= 0.6 is 23.2 Å². The number of ether oxygens (including phenoxy) is 1. The fraction of sp³-hybridized carbons (Fsp3) is 0.387. The number of hydrogen-bond acceptors (Lipinski definition) is 5. The van der Waals surface area contributed by atoms with Crippen LogP contribution in [0.5, 0.6) is 5.75 Å². The molecule has 8 heteroatoms. The van der Waals surface area contributed by atoms with Gasteiger partial charge in [-0.3, -0.25) is 14.4 Å². The summed E-state index contributed by atoms with van der Waals surface area (Å²) in [5.74, 6) is -0.384. The molecule has 0 radical (unpaired) electrons. The molecule has 0 fully saturated rings. The highest BCUT2D eigenvalue weighted by atomic mass is 35.5. The first kappa shape index (κ1) is 27.5. The molecule has 2 aromatic rings. The van der Waals surface area contributed by atoms with E-state index in [1.165, 1.54) is 0 Å². The molecule has 1 aliphatic heterocycles. The quantitative estimate of drug-likeness (QED) is 0.407. The molecule has 1 amide bonds. The van der Waals surface area contributed by atoms with E-state index in [2.05, 4.69) is 38.3 Å². The van der Waals surface area contributed by atoms with Crippen LogP contribution in [-0.4, -0.2) is 24.1 Å². The maximum atomic E-state index is 13.6. The first-order valence-electron chi connectivity index (χ1n) is 13.1. The maximum Gasteiger partial charge on any atom is 0.262 e. The SMILES string of the molecule is CC1(C)CC(=O)C2=C(C1)NC1=C(C(=O)CC(C)(C)C1)C2c1ccccc1OCC(=O)Nc1ccc(Cl)c(Cl)c1. The van der Waals surface area contributed by atoms with Gasteiger partial charge in [0, 0.05) is 52.6 Å². The van der Waals surface area contributed by atoms with Crippen LogP contribution in [0, 0.1) is 10.8 Å². The fourth-order valence-electron chi connectivity index (χ4n) is 5.96. The van der Waals surface area contributed by atoms with Gasteiger partial charge in [0.2, 0.25) is 0 Å². The number of nitrogens with one attached hydrogen (secondary N) is 2. The molecule has 0 bridgehead atoms. The molecular formula is C31H32Cl2N2O4. The average molecular weight is 568 g/mol. The highest BCUT2D eigenvalue weighted by Crippen LogP contribution is 2.52. The Kier molecular flexibility index (Phi) is 7.15. The van der Waals surface area contributed by atoms with Gasteiger partial charge in [-0.1, -0.05) is 69.1 Å². The van der Waals surface area contributed by atoms with E-state index in [4.69, 9.17) is 27.9 Å². The predicted molar refractivity (Wildman–Crippen MR) is 153 cm³/mol. The molecule has 0 saturated carbocycles. The summed E-state index contributed by atoms with van der Waals surface area (Å²) in [7, 11) is 0. The lowest BCUT2D eigenvalue weighted by atomic mass is 9.64. The summed E-state index contributed by atoms with van der Waals surface area (Å²) in [5.41, 5.74) is 3.89. The summed E-state index contributed by atoms with van der Waals surface area (Å²) < 4.78 is 6.03. The number of para-hydroxylation sites is 1. The number of halogens is 2. The van der Waals surface area contributed by atoms with Crippen molar-refractivity contribution in [2.75, 3.05) is 11.9 Å². The van der Waals surface area contributed by atoms with E-state index in [1.54, 1.807) is 24.3 Å². The number of rotatable bonds is 5. The largest absolute Gasteiger partial charge is 0.483 e. The van der Waals surface area contributed by atoms with Gasteiger partial charge >= 0.3 is 0 Å². The molecule has 0 saturated heterocycles. The standard InChI is InChI=1S/C31H32Cl2N2O4/c1-30(2)12-21-28(23(36)14-30)27(29-22(35-21)13-31(3,4)15-24(29)37)18-7-5-6-8-25(18)39-16-26(38)34-17-9-10-19(32)20(33)11-17/h5-11,27,35H,12-16H2,1-4H3,(H,34,38). The van der Waals surface area contributed by atoms with Crippen molar-refractivity contribution in [2.24, 2.45) is 10.8 Å². The summed E-state index contributed by atoms with van der Waals surface area (Å²) in [6.45, 7) is 8.11. The third-order valence-electron chi connectivity index (χ3n) is 7.51. The first-order chi connectivity index (χ1) is 18.3. The third-order valence-corrected chi connectivity index (χ3v) is 8.25. The molecule has 6 nitrogen and oxygen atoms in total. The van der Waals surface area contributed by atoms with Gasteiger partial charge in [0.15, 0.2) is 18.2 Å². The summed E-state index contributed by atoms with van der Waals surface area (Å²) in [5, 5.41) is 7.01. The van der Waals surface area contributed by atoms with Gasteiger partial charge < -0.3 is 15.4 Å². The van der Waals surface area contributed by atoms with E-state index < -0.39 is 5.92 Å². The zero-order valence-electron chi connectivity index (χ0n) is 22.5. The number of benzene rings is 2. The second kappa shape index (κ2) is 10.1. The summed E-state index contributed by atoms with van der Waals surface area (Å²) >= 11 is 12.0. The van der Waals surface area contributed by atoms with Crippen molar-refractivity contribution < 1.29 is 19.1 Å². The lowest BCUT2D eigenvalue weighted by Gasteiger charge is -2.44. The number of amides is 1. The van der Waals surface area contributed by atoms with E-state index in [-0.39, 0.29) is 34.9 Å². The summed E-state index contributed by atoms with van der Waals surface area (Å²) in [4.78, 5) is 39.9. The number of carbonyl (C=O) groups is 3. The highest BCUT2D eigenvalue weighted by molar-refractivity contribution is 6.42. The van der Waals surface area contributed by atoms with Crippen molar-refractivity contribution in [1.82, 2.24) is 5.32 Å². The molecule has 39 heavy (non-hydrogen) atoms. The van der Waals surface area contributed by atoms with Gasteiger partial charge in [-0.25, -0.2) is 0 Å². The summed E-state index contributed by atoms with van der Waals surface area (Å²) in [6, 6.07) is 12.2. The molecule has 204 valence electrons. The van der Waals surface area contributed by atoms with Crippen LogP contribution in [0.25, 0.3) is 0 Å². The van der Waals surface area contributed by atoms with Crippen LogP contribution in [0.4, 0.5) is 5.69 Å². The maximum absolute atomic E-state index is 13.6. The first-order valence-corrected chi connectivity index (χ1v) is 13.9. The van der Waals surface area contributed by atoms with Crippen LogP contribution in [0.3, 0.4) is 0 Å². The van der Waals surface area contributed by atoms with Gasteiger partial charge in [0.05, 0.1) is 10.0 Å². The molecule has 2 aromatic carbocycles. The molecule has 3 aliphatic rings. The Morgan fingerprint density at radius 1 is 0.897 bits per heavy atom. The Hall–Kier alpha value is -3.09. The molecule has 0 unspecified atom stereocenters. The van der Waals surface area contributed by atoms with Crippen molar-refractivity contribution in [3.63, 3.8) is 0 Å². The molecule has 0 atom stereocenters. The minimum atomic E-state index is -0.544. The molecule has 2 N–H and O–H groups in total. The van der Waals surface area contributed by atoms with Gasteiger partial charge in [-0.15, -0.1) is 0 Å².